The monoisotopic (exact) mass is 463 g/mol. The second-order valence-electron chi connectivity index (χ2n) is 8.36. The van der Waals surface area contributed by atoms with Gasteiger partial charge in [0.2, 0.25) is 0 Å². The minimum atomic E-state index is -0.290. The number of nitrogens with zero attached hydrogens (tertiary/aromatic N) is 5. The molecule has 3 aromatic rings. The van der Waals surface area contributed by atoms with Gasteiger partial charge in [-0.25, -0.2) is 9.99 Å². The SMILES string of the molecule is CC(C(=O)N1N=C(c2ccc(Cl)cc2)CC1c1ccco1)N1CCN(c2ccccn2)CC1. The molecule has 2 aliphatic heterocycles. The first-order valence-corrected chi connectivity index (χ1v) is 11.6. The molecule has 5 rings (SSSR count). The van der Waals surface area contributed by atoms with Gasteiger partial charge in [-0.3, -0.25) is 9.69 Å². The van der Waals surface area contributed by atoms with Crippen LogP contribution in [-0.2, 0) is 4.79 Å². The molecular formula is C25H26ClN5O2. The minimum absolute atomic E-state index is 0.0216. The highest BCUT2D eigenvalue weighted by Crippen LogP contribution is 2.34. The molecule has 33 heavy (non-hydrogen) atoms. The summed E-state index contributed by atoms with van der Waals surface area (Å²) in [5.41, 5.74) is 1.82. The number of pyridine rings is 1. The van der Waals surface area contributed by atoms with Gasteiger partial charge in [0.25, 0.3) is 5.91 Å². The molecule has 2 atom stereocenters. The van der Waals surface area contributed by atoms with Crippen molar-refractivity contribution in [3.8, 4) is 0 Å². The van der Waals surface area contributed by atoms with Crippen LogP contribution in [0.1, 0.15) is 30.7 Å². The van der Waals surface area contributed by atoms with E-state index in [1.807, 2.05) is 67.7 Å². The van der Waals surface area contributed by atoms with Gasteiger partial charge in [0.1, 0.15) is 17.6 Å². The molecule has 4 heterocycles. The van der Waals surface area contributed by atoms with Crippen molar-refractivity contribution in [1.29, 1.82) is 0 Å². The molecule has 1 aromatic carbocycles. The fourth-order valence-electron chi connectivity index (χ4n) is 4.46. The van der Waals surface area contributed by atoms with Gasteiger partial charge in [-0.15, -0.1) is 0 Å². The summed E-state index contributed by atoms with van der Waals surface area (Å²) in [6.45, 7) is 5.20. The van der Waals surface area contributed by atoms with E-state index < -0.39 is 0 Å². The molecule has 0 bridgehead atoms. The lowest BCUT2D eigenvalue weighted by atomic mass is 10.0. The lowest BCUT2D eigenvalue weighted by Gasteiger charge is -2.38. The molecule has 1 saturated heterocycles. The molecule has 0 aliphatic carbocycles. The topological polar surface area (TPSA) is 65.2 Å². The Balaban J connectivity index is 1.32. The first kappa shape index (κ1) is 21.7. The zero-order valence-electron chi connectivity index (χ0n) is 18.5. The molecular weight excluding hydrogens is 438 g/mol. The molecule has 1 amide bonds. The molecule has 1 fully saturated rings. The lowest BCUT2D eigenvalue weighted by molar-refractivity contribution is -0.138. The summed E-state index contributed by atoms with van der Waals surface area (Å²) >= 11 is 6.05. The van der Waals surface area contributed by atoms with Gasteiger partial charge >= 0.3 is 0 Å². The van der Waals surface area contributed by atoms with Gasteiger partial charge in [0, 0.05) is 43.8 Å². The van der Waals surface area contributed by atoms with E-state index in [0.29, 0.717) is 11.4 Å². The van der Waals surface area contributed by atoms with Gasteiger partial charge in [-0.05, 0) is 48.9 Å². The molecule has 7 nitrogen and oxygen atoms in total. The van der Waals surface area contributed by atoms with Crippen LogP contribution in [0.3, 0.4) is 0 Å². The van der Waals surface area contributed by atoms with Crippen molar-refractivity contribution in [3.63, 3.8) is 0 Å². The highest BCUT2D eigenvalue weighted by atomic mass is 35.5. The smallest absolute Gasteiger partial charge is 0.260 e. The first-order chi connectivity index (χ1) is 16.1. The second kappa shape index (κ2) is 9.37. The highest BCUT2D eigenvalue weighted by Gasteiger charge is 2.38. The van der Waals surface area contributed by atoms with Crippen molar-refractivity contribution in [2.24, 2.45) is 5.10 Å². The fraction of sp³-hybridized carbons (Fsp3) is 0.320. The maximum Gasteiger partial charge on any atom is 0.260 e. The summed E-state index contributed by atoms with van der Waals surface area (Å²) < 4.78 is 5.67. The van der Waals surface area contributed by atoms with Crippen molar-refractivity contribution >= 4 is 29.0 Å². The Hall–Kier alpha value is -3.16. The van der Waals surface area contributed by atoms with Gasteiger partial charge in [-0.1, -0.05) is 29.8 Å². The van der Waals surface area contributed by atoms with Crippen molar-refractivity contribution in [2.75, 3.05) is 31.1 Å². The molecule has 8 heteroatoms. The maximum atomic E-state index is 13.6. The zero-order valence-corrected chi connectivity index (χ0v) is 19.2. The number of halogens is 1. The first-order valence-electron chi connectivity index (χ1n) is 11.2. The average molecular weight is 464 g/mol. The third kappa shape index (κ3) is 4.51. The van der Waals surface area contributed by atoms with Crippen LogP contribution in [0.2, 0.25) is 5.02 Å². The number of benzene rings is 1. The Kier molecular flexibility index (Phi) is 6.15. The van der Waals surface area contributed by atoms with E-state index in [9.17, 15) is 4.79 Å². The molecule has 2 aliphatic rings. The fourth-order valence-corrected chi connectivity index (χ4v) is 4.59. The molecule has 0 spiro atoms. The van der Waals surface area contributed by atoms with Gasteiger partial charge in [0.05, 0.1) is 18.0 Å². The maximum absolute atomic E-state index is 13.6. The van der Waals surface area contributed by atoms with Crippen LogP contribution in [0, 0.1) is 0 Å². The second-order valence-corrected chi connectivity index (χ2v) is 8.80. The van der Waals surface area contributed by atoms with Gasteiger partial charge in [0.15, 0.2) is 0 Å². The van der Waals surface area contributed by atoms with Crippen LogP contribution in [0.25, 0.3) is 0 Å². The predicted octanol–water partition coefficient (Wildman–Crippen LogP) is 4.22. The van der Waals surface area contributed by atoms with Crippen molar-refractivity contribution < 1.29 is 9.21 Å². The summed E-state index contributed by atoms with van der Waals surface area (Å²) in [6.07, 6.45) is 4.05. The Morgan fingerprint density at radius 1 is 1.06 bits per heavy atom. The standard InChI is InChI=1S/C25H26ClN5O2/c1-18(29-12-14-30(15-13-29)24-6-2-3-11-27-24)25(32)31-22(23-5-4-16-33-23)17-21(28-31)19-7-9-20(26)10-8-19/h2-11,16,18,22H,12-15,17H2,1H3. The summed E-state index contributed by atoms with van der Waals surface area (Å²) in [7, 11) is 0. The number of amides is 1. The normalized spacial score (nSPS) is 20.1. The summed E-state index contributed by atoms with van der Waals surface area (Å²) in [6, 6.07) is 16.7. The van der Waals surface area contributed by atoms with E-state index in [0.717, 1.165) is 49.0 Å². The highest BCUT2D eigenvalue weighted by molar-refractivity contribution is 6.30. The van der Waals surface area contributed by atoms with E-state index in [2.05, 4.69) is 14.8 Å². The summed E-state index contributed by atoms with van der Waals surface area (Å²) in [4.78, 5) is 22.5. The third-order valence-electron chi connectivity index (χ3n) is 6.38. The third-order valence-corrected chi connectivity index (χ3v) is 6.63. The van der Waals surface area contributed by atoms with Crippen molar-refractivity contribution in [1.82, 2.24) is 14.9 Å². The van der Waals surface area contributed by atoms with Crippen LogP contribution in [0.5, 0.6) is 0 Å². The largest absolute Gasteiger partial charge is 0.467 e. The van der Waals surface area contributed by atoms with Crippen molar-refractivity contribution in [3.05, 3.63) is 83.4 Å². The molecule has 2 aromatic heterocycles. The van der Waals surface area contributed by atoms with E-state index in [1.54, 1.807) is 11.3 Å². The number of anilines is 1. The van der Waals surface area contributed by atoms with E-state index >= 15 is 0 Å². The number of furan rings is 1. The lowest BCUT2D eigenvalue weighted by Crippen LogP contribution is -2.54. The van der Waals surface area contributed by atoms with Gasteiger partial charge < -0.3 is 9.32 Å². The summed E-state index contributed by atoms with van der Waals surface area (Å²) in [5.74, 6) is 1.70. The molecule has 0 saturated carbocycles. The van der Waals surface area contributed by atoms with E-state index in [1.165, 1.54) is 0 Å². The molecule has 0 radical (unpaired) electrons. The quantitative estimate of drug-likeness (QED) is 0.567. The summed E-state index contributed by atoms with van der Waals surface area (Å²) in [5, 5.41) is 7.04. The predicted molar refractivity (Wildman–Crippen MR) is 128 cm³/mol. The van der Waals surface area contributed by atoms with Crippen LogP contribution in [0.4, 0.5) is 5.82 Å². The zero-order chi connectivity index (χ0) is 22.8. The molecule has 170 valence electrons. The minimum Gasteiger partial charge on any atom is -0.467 e. The Morgan fingerprint density at radius 3 is 2.52 bits per heavy atom. The number of aromatic nitrogens is 1. The van der Waals surface area contributed by atoms with E-state index in [4.69, 9.17) is 21.1 Å². The Morgan fingerprint density at radius 2 is 1.85 bits per heavy atom. The number of carbonyl (C=O) groups excluding carboxylic acids is 1. The number of rotatable bonds is 5. The van der Waals surface area contributed by atoms with E-state index in [-0.39, 0.29) is 18.0 Å². The number of piperazine rings is 1. The number of hydrogen-bond donors (Lipinski definition) is 0. The van der Waals surface area contributed by atoms with Crippen LogP contribution in [0.15, 0.2) is 76.6 Å². The van der Waals surface area contributed by atoms with Crippen LogP contribution in [-0.4, -0.2) is 58.7 Å². The number of hydrazone groups is 1. The average Bonchev–Trinajstić information content (AvgIpc) is 3.55. The Bertz CT molecular complexity index is 1110. The Labute approximate surface area is 198 Å². The number of carbonyl (C=O) groups is 1. The van der Waals surface area contributed by atoms with Crippen LogP contribution >= 0.6 is 11.6 Å². The van der Waals surface area contributed by atoms with Crippen LogP contribution < -0.4 is 4.90 Å². The number of hydrogen-bond acceptors (Lipinski definition) is 6. The van der Waals surface area contributed by atoms with Gasteiger partial charge in [-0.2, -0.15) is 5.10 Å². The molecule has 2 unspecified atom stereocenters. The molecule has 0 N–H and O–H groups in total. The van der Waals surface area contributed by atoms with Crippen molar-refractivity contribution in [2.45, 2.75) is 25.4 Å².